The quantitative estimate of drug-likeness (QED) is 0.580. The zero-order valence-corrected chi connectivity index (χ0v) is 8.22. The molecule has 0 aliphatic carbocycles. The third-order valence-corrected chi connectivity index (χ3v) is 2.75. The van der Waals surface area contributed by atoms with Gasteiger partial charge in [0.15, 0.2) is 0 Å². The van der Waals surface area contributed by atoms with Crippen molar-refractivity contribution >= 4 is 5.91 Å². The molecule has 1 amide bonds. The maximum atomic E-state index is 10.9. The van der Waals surface area contributed by atoms with Crippen LogP contribution in [-0.2, 0) is 4.79 Å². The Kier molecular flexibility index (Phi) is 1.95. The van der Waals surface area contributed by atoms with E-state index in [0.717, 1.165) is 0 Å². The summed E-state index contributed by atoms with van der Waals surface area (Å²) in [4.78, 5) is 12.5. The standard InChI is InChI=1S/C9H17NO2/c1-7(11)10-5-9(12,6-10)8(2,3)4/h12H,5-6H2,1-4H3. The van der Waals surface area contributed by atoms with E-state index in [4.69, 9.17) is 0 Å². The molecule has 3 heteroatoms. The lowest BCUT2D eigenvalue weighted by Crippen LogP contribution is -2.68. The normalized spacial score (nSPS) is 21.9. The molecule has 0 saturated carbocycles. The molecular formula is C9H17NO2. The summed E-state index contributed by atoms with van der Waals surface area (Å²) in [7, 11) is 0. The van der Waals surface area contributed by atoms with Crippen LogP contribution in [0, 0.1) is 5.41 Å². The van der Waals surface area contributed by atoms with Gasteiger partial charge in [-0.1, -0.05) is 20.8 Å². The van der Waals surface area contributed by atoms with Gasteiger partial charge in [0.2, 0.25) is 5.91 Å². The van der Waals surface area contributed by atoms with Crippen LogP contribution in [0.3, 0.4) is 0 Å². The first kappa shape index (κ1) is 9.52. The van der Waals surface area contributed by atoms with Gasteiger partial charge in [-0.25, -0.2) is 0 Å². The summed E-state index contributed by atoms with van der Waals surface area (Å²) < 4.78 is 0. The lowest BCUT2D eigenvalue weighted by atomic mass is 9.71. The molecule has 0 unspecified atom stereocenters. The maximum absolute atomic E-state index is 10.9. The fourth-order valence-electron chi connectivity index (χ4n) is 1.28. The Morgan fingerprint density at radius 1 is 1.42 bits per heavy atom. The van der Waals surface area contributed by atoms with Crippen LogP contribution in [0.5, 0.6) is 0 Å². The monoisotopic (exact) mass is 171 g/mol. The number of β-amino-alcohol motifs (C(OH)–C–C–N with tert-alkyl or cyclic N) is 1. The average Bonchev–Trinajstić information content (AvgIpc) is 1.77. The van der Waals surface area contributed by atoms with E-state index in [1.165, 1.54) is 6.92 Å². The van der Waals surface area contributed by atoms with Crippen LogP contribution in [0.2, 0.25) is 0 Å². The summed E-state index contributed by atoms with van der Waals surface area (Å²) in [6.45, 7) is 8.46. The van der Waals surface area contributed by atoms with E-state index in [2.05, 4.69) is 0 Å². The first-order valence-corrected chi connectivity index (χ1v) is 4.24. The Hall–Kier alpha value is -0.570. The molecule has 1 saturated heterocycles. The molecule has 1 rings (SSSR count). The third kappa shape index (κ3) is 1.33. The second-order valence-corrected chi connectivity index (χ2v) is 4.66. The van der Waals surface area contributed by atoms with E-state index >= 15 is 0 Å². The largest absolute Gasteiger partial charge is 0.386 e. The average molecular weight is 171 g/mol. The summed E-state index contributed by atoms with van der Waals surface area (Å²) >= 11 is 0. The molecule has 0 radical (unpaired) electrons. The lowest BCUT2D eigenvalue weighted by molar-refractivity contribution is -0.177. The van der Waals surface area contributed by atoms with Crippen LogP contribution >= 0.6 is 0 Å². The molecule has 0 aromatic heterocycles. The molecule has 3 nitrogen and oxygen atoms in total. The van der Waals surface area contributed by atoms with Gasteiger partial charge in [-0.15, -0.1) is 0 Å². The van der Waals surface area contributed by atoms with E-state index < -0.39 is 5.60 Å². The SMILES string of the molecule is CC(=O)N1CC(O)(C(C)(C)C)C1. The van der Waals surface area contributed by atoms with Gasteiger partial charge >= 0.3 is 0 Å². The van der Waals surface area contributed by atoms with Gasteiger partial charge in [-0.2, -0.15) is 0 Å². The number of carbonyl (C=O) groups excluding carboxylic acids is 1. The zero-order chi connectivity index (χ0) is 9.57. The van der Waals surface area contributed by atoms with E-state index in [0.29, 0.717) is 13.1 Å². The van der Waals surface area contributed by atoms with Gasteiger partial charge in [0, 0.05) is 6.92 Å². The molecule has 0 atom stereocenters. The topological polar surface area (TPSA) is 40.5 Å². The first-order chi connectivity index (χ1) is 5.26. The minimum atomic E-state index is -0.682. The van der Waals surface area contributed by atoms with Crippen molar-refractivity contribution in [3.8, 4) is 0 Å². The molecule has 1 fully saturated rings. The van der Waals surface area contributed by atoms with Crippen molar-refractivity contribution in [2.45, 2.75) is 33.3 Å². The Morgan fingerprint density at radius 3 is 2.08 bits per heavy atom. The fourth-order valence-corrected chi connectivity index (χ4v) is 1.28. The summed E-state index contributed by atoms with van der Waals surface area (Å²) in [5, 5.41) is 9.97. The smallest absolute Gasteiger partial charge is 0.219 e. The molecule has 12 heavy (non-hydrogen) atoms. The number of likely N-dealkylation sites (tertiary alicyclic amines) is 1. The first-order valence-electron chi connectivity index (χ1n) is 4.24. The van der Waals surface area contributed by atoms with Gasteiger partial charge in [0.25, 0.3) is 0 Å². The highest BCUT2D eigenvalue weighted by Crippen LogP contribution is 2.37. The Balaban J connectivity index is 2.57. The van der Waals surface area contributed by atoms with E-state index in [9.17, 15) is 9.90 Å². The highest BCUT2D eigenvalue weighted by Gasteiger charge is 2.50. The number of hydrogen-bond acceptors (Lipinski definition) is 2. The summed E-state index contributed by atoms with van der Waals surface area (Å²) in [6, 6.07) is 0. The van der Waals surface area contributed by atoms with Crippen LogP contribution < -0.4 is 0 Å². The number of nitrogens with zero attached hydrogens (tertiary/aromatic N) is 1. The summed E-state index contributed by atoms with van der Waals surface area (Å²) in [6.07, 6.45) is 0. The highest BCUT2D eigenvalue weighted by atomic mass is 16.3. The van der Waals surface area contributed by atoms with Crippen molar-refractivity contribution < 1.29 is 9.90 Å². The minimum Gasteiger partial charge on any atom is -0.386 e. The van der Waals surface area contributed by atoms with Gasteiger partial charge in [0.05, 0.1) is 13.1 Å². The molecule has 0 bridgehead atoms. The van der Waals surface area contributed by atoms with E-state index in [-0.39, 0.29) is 11.3 Å². The van der Waals surface area contributed by atoms with E-state index in [1.807, 2.05) is 20.8 Å². The Morgan fingerprint density at radius 2 is 1.83 bits per heavy atom. The van der Waals surface area contributed by atoms with E-state index in [1.54, 1.807) is 4.90 Å². The van der Waals surface area contributed by atoms with Crippen LogP contribution in [-0.4, -0.2) is 34.6 Å². The minimum absolute atomic E-state index is 0.0453. The Labute approximate surface area is 73.4 Å². The van der Waals surface area contributed by atoms with Crippen LogP contribution in [0.25, 0.3) is 0 Å². The number of rotatable bonds is 0. The van der Waals surface area contributed by atoms with Crippen molar-refractivity contribution in [2.24, 2.45) is 5.41 Å². The van der Waals surface area contributed by atoms with Crippen molar-refractivity contribution in [1.29, 1.82) is 0 Å². The Bertz CT molecular complexity index is 199. The van der Waals surface area contributed by atoms with Crippen molar-refractivity contribution in [2.75, 3.05) is 13.1 Å². The van der Waals surface area contributed by atoms with Crippen LogP contribution in [0.1, 0.15) is 27.7 Å². The number of carbonyl (C=O) groups is 1. The molecule has 0 aromatic rings. The van der Waals surface area contributed by atoms with Crippen molar-refractivity contribution in [1.82, 2.24) is 4.90 Å². The number of aliphatic hydroxyl groups is 1. The molecule has 0 aromatic carbocycles. The number of hydrogen-bond donors (Lipinski definition) is 1. The van der Waals surface area contributed by atoms with Crippen molar-refractivity contribution in [3.05, 3.63) is 0 Å². The molecule has 70 valence electrons. The molecule has 1 heterocycles. The van der Waals surface area contributed by atoms with Crippen LogP contribution in [0.4, 0.5) is 0 Å². The zero-order valence-electron chi connectivity index (χ0n) is 8.22. The predicted octanol–water partition coefficient (Wildman–Crippen LogP) is 0.626. The van der Waals surface area contributed by atoms with Gasteiger partial charge in [-0.3, -0.25) is 4.79 Å². The molecule has 1 aliphatic heterocycles. The highest BCUT2D eigenvalue weighted by molar-refractivity contribution is 5.74. The second kappa shape index (κ2) is 2.46. The summed E-state index contributed by atoms with van der Waals surface area (Å²) in [5.41, 5.74) is -0.822. The van der Waals surface area contributed by atoms with Gasteiger partial charge in [-0.05, 0) is 5.41 Å². The molecular weight excluding hydrogens is 154 g/mol. The van der Waals surface area contributed by atoms with Crippen LogP contribution in [0.15, 0.2) is 0 Å². The fraction of sp³-hybridized carbons (Fsp3) is 0.889. The molecule has 0 spiro atoms. The third-order valence-electron chi connectivity index (χ3n) is 2.75. The predicted molar refractivity (Wildman–Crippen MR) is 46.7 cm³/mol. The lowest BCUT2D eigenvalue weighted by Gasteiger charge is -2.53. The van der Waals surface area contributed by atoms with Crippen molar-refractivity contribution in [3.63, 3.8) is 0 Å². The molecule has 1 aliphatic rings. The van der Waals surface area contributed by atoms with Gasteiger partial charge in [0.1, 0.15) is 5.60 Å². The second-order valence-electron chi connectivity index (χ2n) is 4.66. The number of amides is 1. The summed E-state index contributed by atoms with van der Waals surface area (Å²) in [5.74, 6) is 0.0453. The van der Waals surface area contributed by atoms with Gasteiger partial charge < -0.3 is 10.0 Å². The maximum Gasteiger partial charge on any atom is 0.219 e. The molecule has 1 N–H and O–H groups in total.